The van der Waals surface area contributed by atoms with Crippen molar-refractivity contribution in [1.29, 1.82) is 0 Å². The van der Waals surface area contributed by atoms with E-state index in [9.17, 15) is 24.0 Å². The van der Waals surface area contributed by atoms with E-state index in [-0.39, 0.29) is 80.7 Å². The summed E-state index contributed by atoms with van der Waals surface area (Å²) in [5.74, 6) is 0.556. The highest BCUT2D eigenvalue weighted by Gasteiger charge is 2.40. The van der Waals surface area contributed by atoms with Crippen LogP contribution in [0, 0.1) is 26.7 Å². The summed E-state index contributed by atoms with van der Waals surface area (Å²) in [4.78, 5) is 71.6. The van der Waals surface area contributed by atoms with Crippen LogP contribution in [0.4, 0.5) is 5.69 Å². The van der Waals surface area contributed by atoms with E-state index >= 15 is 0 Å². The molecule has 1 saturated heterocycles. The van der Waals surface area contributed by atoms with Crippen LogP contribution in [0.15, 0.2) is 80.0 Å². The second kappa shape index (κ2) is 19.3. The Morgan fingerprint density at radius 1 is 1.06 bits per heavy atom. The van der Waals surface area contributed by atoms with E-state index in [0.717, 1.165) is 27.7 Å². The molecule has 65 heavy (non-hydrogen) atoms. The summed E-state index contributed by atoms with van der Waals surface area (Å²) in [6, 6.07) is 3.29. The molecule has 3 aliphatic heterocycles. The van der Waals surface area contributed by atoms with Gasteiger partial charge in [0, 0.05) is 65.0 Å². The number of aromatic nitrogens is 3. The molecule has 5 aliphatic rings. The van der Waals surface area contributed by atoms with Gasteiger partial charge in [-0.15, -0.1) is 21.5 Å². The highest BCUT2D eigenvalue weighted by molar-refractivity contribution is 7.15. The van der Waals surface area contributed by atoms with Crippen LogP contribution in [0.5, 0.6) is 0 Å². The molecule has 340 valence electrons. The van der Waals surface area contributed by atoms with Crippen molar-refractivity contribution >= 4 is 63.9 Å². The highest BCUT2D eigenvalue weighted by atomic mass is 35.5. The number of nitrogens with one attached hydrogen (secondary N) is 3. The molecular weight excluding hydrogens is 876 g/mol. The number of amides is 5. The number of imide groups is 1. The predicted molar refractivity (Wildman–Crippen MR) is 240 cm³/mol. The number of nitrogens with zero attached hydrogens (tertiary/aromatic N) is 7. The minimum atomic E-state index is -0.748. The summed E-state index contributed by atoms with van der Waals surface area (Å²) < 4.78 is 19.2. The number of aryl methyl sites for hydroxylation is 2. The number of azo groups is 1. The number of hydrogen-bond donors (Lipinski definition) is 3. The Balaban J connectivity index is 0.827. The molecule has 3 aromatic rings. The highest BCUT2D eigenvalue weighted by Crippen LogP contribution is 2.41. The lowest BCUT2D eigenvalue weighted by Crippen LogP contribution is -2.52. The molecule has 18 nitrogen and oxygen atoms in total. The van der Waals surface area contributed by atoms with Gasteiger partial charge in [-0.25, -0.2) is 0 Å². The maximum atomic E-state index is 13.4. The number of hydrogen-bond acceptors (Lipinski definition) is 14. The Hall–Kier alpha value is -6.47. The first-order chi connectivity index (χ1) is 31.3. The van der Waals surface area contributed by atoms with Gasteiger partial charge in [-0.3, -0.25) is 38.8 Å². The third-order valence-electron chi connectivity index (χ3n) is 12.0. The molecule has 5 heterocycles. The van der Waals surface area contributed by atoms with Crippen LogP contribution in [0.25, 0.3) is 5.00 Å². The third-order valence-corrected chi connectivity index (χ3v) is 13.4. The minimum absolute atomic E-state index is 0.0126. The molecule has 5 amide bonds. The molecule has 0 saturated carbocycles. The smallest absolute Gasteiger partial charge is 0.257 e. The van der Waals surface area contributed by atoms with E-state index in [2.05, 4.69) is 56.3 Å². The van der Waals surface area contributed by atoms with E-state index < -0.39 is 24.0 Å². The van der Waals surface area contributed by atoms with Gasteiger partial charge < -0.3 is 29.7 Å². The van der Waals surface area contributed by atoms with E-state index in [4.69, 9.17) is 30.8 Å². The molecule has 1 fully saturated rings. The zero-order valence-corrected chi connectivity index (χ0v) is 38.2. The average Bonchev–Trinajstić information content (AvgIpc) is 3.91. The van der Waals surface area contributed by atoms with Crippen LogP contribution in [0.1, 0.15) is 88.1 Å². The van der Waals surface area contributed by atoms with Gasteiger partial charge in [-0.2, -0.15) is 10.2 Å². The molecule has 3 unspecified atom stereocenters. The van der Waals surface area contributed by atoms with Crippen LogP contribution in [-0.4, -0.2) is 101 Å². The van der Waals surface area contributed by atoms with Gasteiger partial charge in [0.1, 0.15) is 34.7 Å². The van der Waals surface area contributed by atoms with Crippen molar-refractivity contribution < 1.29 is 38.2 Å². The second-order valence-electron chi connectivity index (χ2n) is 16.2. The molecule has 20 heteroatoms. The van der Waals surface area contributed by atoms with Gasteiger partial charge in [0.25, 0.3) is 11.8 Å². The summed E-state index contributed by atoms with van der Waals surface area (Å²) in [6.45, 7) is 6.54. The minimum Gasteiger partial charge on any atom is -0.497 e. The van der Waals surface area contributed by atoms with Crippen molar-refractivity contribution in [2.24, 2.45) is 21.1 Å². The largest absolute Gasteiger partial charge is 0.497 e. The number of aliphatic imine (C=N–C) groups is 1. The Labute approximate surface area is 383 Å². The number of carbonyl (C=O) groups is 5. The van der Waals surface area contributed by atoms with Crippen molar-refractivity contribution in [3.63, 3.8) is 0 Å². The molecule has 3 N–H and O–H groups in total. The van der Waals surface area contributed by atoms with Crippen molar-refractivity contribution in [2.45, 2.75) is 84.0 Å². The topological polar surface area (TPSA) is 220 Å². The molecular formula is C45H49ClN10O8S. The van der Waals surface area contributed by atoms with Crippen LogP contribution < -0.4 is 16.0 Å². The quantitative estimate of drug-likeness (QED) is 0.0983. The molecule has 8 rings (SSSR count). The van der Waals surface area contributed by atoms with Crippen LogP contribution in [0.3, 0.4) is 0 Å². The standard InChI is InChI=1S/C45H49ClN10O8S/c1-23-24(2)65-45-39(23)40(26-10-12-27(46)13-11-26)49-32(42-54-51-25(3)56(42)45)20-37(58)47-16-7-17-48-38(59)22-64-41-34(62-4)18-28(19-35(41)63-5)52-53-31-9-6-8-29-30(31)21-55(44(29)61)33-14-15-36(57)50-43(33)60/h6,8-10,12-13,18,26,28,32-33H,7,11,14-17,19-22H2,1-5H3,(H,47,58)(H,48,59)(H,50,57,60)/t26?,28?,32-,33?/m0/s1. The maximum absolute atomic E-state index is 13.4. The lowest BCUT2D eigenvalue weighted by atomic mass is 9.89. The van der Waals surface area contributed by atoms with Gasteiger partial charge >= 0.3 is 0 Å². The number of rotatable bonds is 15. The molecule has 0 spiro atoms. The first-order valence-electron chi connectivity index (χ1n) is 21.4. The van der Waals surface area contributed by atoms with Gasteiger partial charge in [0.05, 0.1) is 32.0 Å². The van der Waals surface area contributed by atoms with E-state index in [1.807, 2.05) is 23.6 Å². The molecule has 4 atom stereocenters. The molecule has 2 aliphatic carbocycles. The first-order valence-corrected chi connectivity index (χ1v) is 22.6. The normalized spacial score (nSPS) is 21.5. The molecule has 0 bridgehead atoms. The Bertz CT molecular complexity index is 2640. The Morgan fingerprint density at radius 3 is 2.60 bits per heavy atom. The van der Waals surface area contributed by atoms with Gasteiger partial charge in [-0.1, -0.05) is 29.8 Å². The zero-order valence-electron chi connectivity index (χ0n) is 36.6. The Kier molecular flexibility index (Phi) is 13.4. The van der Waals surface area contributed by atoms with Crippen LogP contribution >= 0.6 is 22.9 Å². The fourth-order valence-electron chi connectivity index (χ4n) is 8.49. The second-order valence-corrected chi connectivity index (χ2v) is 17.8. The van der Waals surface area contributed by atoms with E-state index in [1.165, 1.54) is 24.0 Å². The number of piperidine rings is 1. The molecule has 1 aromatic carbocycles. The number of halogens is 1. The Morgan fingerprint density at radius 2 is 1.86 bits per heavy atom. The maximum Gasteiger partial charge on any atom is 0.257 e. The number of benzene rings is 1. The van der Waals surface area contributed by atoms with Crippen molar-refractivity contribution in [2.75, 3.05) is 33.9 Å². The lowest BCUT2D eigenvalue weighted by Gasteiger charge is -2.29. The van der Waals surface area contributed by atoms with Crippen LogP contribution in [0.2, 0.25) is 0 Å². The number of methoxy groups -OCH3 is 2. The van der Waals surface area contributed by atoms with Gasteiger partial charge in [0.15, 0.2) is 23.9 Å². The van der Waals surface area contributed by atoms with E-state index in [1.54, 1.807) is 35.6 Å². The van der Waals surface area contributed by atoms with Crippen LogP contribution in [-0.2, 0) is 39.9 Å². The summed E-state index contributed by atoms with van der Waals surface area (Å²) in [6.07, 6.45) is 9.55. The SMILES string of the molecule is COC1=CC(N=Nc2cccc3c2CN(C2CCC(=O)NC2=O)C3=O)CC(OC)=C1OCC(=O)NCCCNC(=O)C[C@@H]1N=C(C2C=CC(Cl)=CC2)c2c(sc(C)c2C)-n2c(C)nnc21. The zero-order chi connectivity index (χ0) is 45.9. The fraction of sp³-hybridized carbons (Fsp3) is 0.422. The van der Waals surface area contributed by atoms with Crippen molar-refractivity contribution in [1.82, 2.24) is 35.6 Å². The predicted octanol–water partition coefficient (Wildman–Crippen LogP) is 5.53. The van der Waals surface area contributed by atoms with E-state index in [0.29, 0.717) is 58.6 Å². The van der Waals surface area contributed by atoms with Gasteiger partial charge in [0.2, 0.25) is 17.7 Å². The third kappa shape index (κ3) is 9.38. The van der Waals surface area contributed by atoms with Crippen molar-refractivity contribution in [3.8, 4) is 5.00 Å². The number of ether oxygens (including phenoxy) is 3. The number of carbonyl (C=O) groups excluding carboxylic acids is 5. The van der Waals surface area contributed by atoms with Gasteiger partial charge in [-0.05, 0) is 69.9 Å². The number of allylic oxidation sites excluding steroid dienone is 4. The summed E-state index contributed by atoms with van der Waals surface area (Å²) in [5, 5.41) is 27.7. The summed E-state index contributed by atoms with van der Waals surface area (Å²) in [7, 11) is 2.95. The number of fused-ring (bicyclic) bond motifs is 4. The average molecular weight is 925 g/mol. The molecule has 0 radical (unpaired) electrons. The number of thiophene rings is 1. The summed E-state index contributed by atoms with van der Waals surface area (Å²) in [5.41, 5.74) is 4.63. The molecule has 2 aromatic heterocycles. The fourth-order valence-corrected chi connectivity index (χ4v) is 9.87. The van der Waals surface area contributed by atoms with Crippen molar-refractivity contribution in [3.05, 3.63) is 104 Å². The summed E-state index contributed by atoms with van der Waals surface area (Å²) >= 11 is 7.95. The monoisotopic (exact) mass is 924 g/mol. The first kappa shape index (κ1) is 45.1. The lowest BCUT2D eigenvalue weighted by molar-refractivity contribution is -0.137.